The summed E-state index contributed by atoms with van der Waals surface area (Å²) in [6.07, 6.45) is 2.90. The first kappa shape index (κ1) is 12.9. The first-order chi connectivity index (χ1) is 10.1. The second kappa shape index (κ2) is 4.34. The molecule has 0 amide bonds. The van der Waals surface area contributed by atoms with Gasteiger partial charge < -0.3 is 14.4 Å². The summed E-state index contributed by atoms with van der Waals surface area (Å²) >= 11 is 0. The van der Waals surface area contributed by atoms with Crippen LogP contribution in [-0.4, -0.2) is 28.9 Å². The molecule has 2 atom stereocenters. The standard InChI is InChI=1S/C17H19NO3/c1-17(9-21-10-17)8-18-5-4-11-2-3-12(6-15(11)18)13-7-14(13)16(19)20/h2-6,13-14H,7-10H2,1H3,(H,19,20). The van der Waals surface area contributed by atoms with Gasteiger partial charge in [0.1, 0.15) is 0 Å². The number of hydrogen-bond donors (Lipinski definition) is 1. The summed E-state index contributed by atoms with van der Waals surface area (Å²) in [5.41, 5.74) is 2.59. The summed E-state index contributed by atoms with van der Waals surface area (Å²) in [6, 6.07) is 8.49. The molecule has 2 heterocycles. The molecule has 4 heteroatoms. The van der Waals surface area contributed by atoms with E-state index in [0.29, 0.717) is 0 Å². The largest absolute Gasteiger partial charge is 0.481 e. The predicted molar refractivity (Wildman–Crippen MR) is 79.3 cm³/mol. The van der Waals surface area contributed by atoms with Crippen molar-refractivity contribution in [3.63, 3.8) is 0 Å². The third-order valence-corrected chi connectivity index (χ3v) is 4.79. The topological polar surface area (TPSA) is 51.5 Å². The highest BCUT2D eigenvalue weighted by molar-refractivity contribution is 5.82. The van der Waals surface area contributed by atoms with Gasteiger partial charge in [-0.1, -0.05) is 19.1 Å². The van der Waals surface area contributed by atoms with Crippen molar-refractivity contribution in [1.29, 1.82) is 0 Å². The number of aliphatic carboxylic acids is 1. The highest BCUT2D eigenvalue weighted by atomic mass is 16.5. The Hall–Kier alpha value is -1.81. The van der Waals surface area contributed by atoms with Crippen LogP contribution in [0.3, 0.4) is 0 Å². The van der Waals surface area contributed by atoms with E-state index in [0.717, 1.165) is 31.7 Å². The fourth-order valence-electron chi connectivity index (χ4n) is 3.36. The molecular weight excluding hydrogens is 266 g/mol. The van der Waals surface area contributed by atoms with Gasteiger partial charge in [0.05, 0.1) is 19.1 Å². The van der Waals surface area contributed by atoms with Gasteiger partial charge in [-0.05, 0) is 35.4 Å². The van der Waals surface area contributed by atoms with Gasteiger partial charge in [-0.25, -0.2) is 0 Å². The molecule has 110 valence electrons. The predicted octanol–water partition coefficient (Wildman–Crippen LogP) is 2.87. The Labute approximate surface area is 123 Å². The van der Waals surface area contributed by atoms with Crippen LogP contribution in [0.15, 0.2) is 30.5 Å². The molecule has 1 aromatic heterocycles. The Morgan fingerprint density at radius 1 is 1.43 bits per heavy atom. The molecule has 2 aliphatic rings. The lowest BCUT2D eigenvalue weighted by molar-refractivity contribution is -0.138. The van der Waals surface area contributed by atoms with Crippen LogP contribution >= 0.6 is 0 Å². The lowest BCUT2D eigenvalue weighted by Crippen LogP contribution is -2.42. The maximum Gasteiger partial charge on any atom is 0.307 e. The van der Waals surface area contributed by atoms with E-state index < -0.39 is 5.97 Å². The Morgan fingerprint density at radius 3 is 2.86 bits per heavy atom. The maximum absolute atomic E-state index is 11.0. The molecular formula is C17H19NO3. The quantitative estimate of drug-likeness (QED) is 0.939. The Bertz CT molecular complexity index is 714. The number of rotatable bonds is 4. The lowest BCUT2D eigenvalue weighted by atomic mass is 9.88. The minimum Gasteiger partial charge on any atom is -0.481 e. The number of ether oxygens (including phenoxy) is 1. The number of carboxylic acids is 1. The zero-order valence-electron chi connectivity index (χ0n) is 12.1. The number of benzene rings is 1. The smallest absolute Gasteiger partial charge is 0.307 e. The van der Waals surface area contributed by atoms with E-state index in [1.807, 2.05) is 0 Å². The first-order valence-electron chi connectivity index (χ1n) is 7.45. The van der Waals surface area contributed by atoms with E-state index in [2.05, 4.69) is 42.0 Å². The Morgan fingerprint density at radius 2 is 2.24 bits per heavy atom. The fourth-order valence-corrected chi connectivity index (χ4v) is 3.36. The molecule has 21 heavy (non-hydrogen) atoms. The number of hydrogen-bond acceptors (Lipinski definition) is 2. The van der Waals surface area contributed by atoms with E-state index in [4.69, 9.17) is 9.84 Å². The molecule has 1 saturated heterocycles. The summed E-state index contributed by atoms with van der Waals surface area (Å²) in [5.74, 6) is -0.670. The second-order valence-electron chi connectivity index (χ2n) is 6.85. The molecule has 0 radical (unpaired) electrons. The van der Waals surface area contributed by atoms with Crippen LogP contribution < -0.4 is 0 Å². The molecule has 2 fully saturated rings. The number of carboxylic acid groups (broad SMARTS) is 1. The van der Waals surface area contributed by atoms with E-state index >= 15 is 0 Å². The van der Waals surface area contributed by atoms with Crippen molar-refractivity contribution in [2.75, 3.05) is 13.2 Å². The van der Waals surface area contributed by atoms with Crippen molar-refractivity contribution < 1.29 is 14.6 Å². The average molecular weight is 285 g/mol. The van der Waals surface area contributed by atoms with Crippen LogP contribution in [0, 0.1) is 11.3 Å². The lowest BCUT2D eigenvalue weighted by Gasteiger charge is -2.38. The van der Waals surface area contributed by atoms with Gasteiger partial charge in [0.15, 0.2) is 0 Å². The second-order valence-corrected chi connectivity index (χ2v) is 6.85. The summed E-state index contributed by atoms with van der Waals surface area (Å²) in [4.78, 5) is 11.0. The van der Waals surface area contributed by atoms with Crippen molar-refractivity contribution in [3.8, 4) is 0 Å². The van der Waals surface area contributed by atoms with Gasteiger partial charge >= 0.3 is 5.97 Å². The number of nitrogens with zero attached hydrogens (tertiary/aromatic N) is 1. The van der Waals surface area contributed by atoms with E-state index in [-0.39, 0.29) is 17.3 Å². The third kappa shape index (κ3) is 2.14. The van der Waals surface area contributed by atoms with Crippen molar-refractivity contribution in [3.05, 3.63) is 36.0 Å². The Balaban J connectivity index is 1.65. The molecule has 2 unspecified atom stereocenters. The van der Waals surface area contributed by atoms with Gasteiger partial charge in [0.25, 0.3) is 0 Å². The SMILES string of the molecule is CC1(Cn2ccc3ccc(C4CC4C(=O)O)cc32)COC1. The molecule has 0 bridgehead atoms. The molecule has 0 spiro atoms. The minimum atomic E-state index is -0.672. The van der Waals surface area contributed by atoms with Crippen molar-refractivity contribution in [1.82, 2.24) is 4.57 Å². The first-order valence-corrected chi connectivity index (χ1v) is 7.45. The van der Waals surface area contributed by atoms with Gasteiger partial charge in [-0.15, -0.1) is 0 Å². The summed E-state index contributed by atoms with van der Waals surface area (Å²) in [5, 5.41) is 10.3. The van der Waals surface area contributed by atoms with Crippen molar-refractivity contribution >= 4 is 16.9 Å². The van der Waals surface area contributed by atoms with Gasteiger partial charge in [-0.3, -0.25) is 4.79 Å². The fraction of sp³-hybridized carbons (Fsp3) is 0.471. The number of carbonyl (C=O) groups is 1. The van der Waals surface area contributed by atoms with E-state index in [1.165, 1.54) is 10.9 Å². The van der Waals surface area contributed by atoms with Crippen LogP contribution in [0.4, 0.5) is 0 Å². The van der Waals surface area contributed by atoms with Crippen LogP contribution in [0.25, 0.3) is 10.9 Å². The van der Waals surface area contributed by atoms with Crippen LogP contribution in [0.2, 0.25) is 0 Å². The summed E-state index contributed by atoms with van der Waals surface area (Å²) in [6.45, 7) is 4.83. The molecule has 1 aliphatic heterocycles. The van der Waals surface area contributed by atoms with Crippen LogP contribution in [0.1, 0.15) is 24.8 Å². The molecule has 2 aromatic rings. The highest BCUT2D eigenvalue weighted by Crippen LogP contribution is 2.48. The van der Waals surface area contributed by atoms with Gasteiger partial charge in [0, 0.05) is 23.7 Å². The molecule has 1 N–H and O–H groups in total. The average Bonchev–Trinajstić information content (AvgIpc) is 3.14. The van der Waals surface area contributed by atoms with E-state index in [9.17, 15) is 4.79 Å². The monoisotopic (exact) mass is 285 g/mol. The van der Waals surface area contributed by atoms with Crippen LogP contribution in [-0.2, 0) is 16.1 Å². The summed E-state index contributed by atoms with van der Waals surface area (Å²) in [7, 11) is 0. The highest BCUT2D eigenvalue weighted by Gasteiger charge is 2.44. The minimum absolute atomic E-state index is 0.191. The third-order valence-electron chi connectivity index (χ3n) is 4.79. The van der Waals surface area contributed by atoms with Crippen molar-refractivity contribution in [2.45, 2.75) is 25.8 Å². The summed E-state index contributed by atoms with van der Waals surface area (Å²) < 4.78 is 7.61. The van der Waals surface area contributed by atoms with Gasteiger partial charge in [0.2, 0.25) is 0 Å². The number of fused-ring (bicyclic) bond motifs is 1. The molecule has 1 aromatic carbocycles. The maximum atomic E-state index is 11.0. The van der Waals surface area contributed by atoms with Crippen molar-refractivity contribution in [2.24, 2.45) is 11.3 Å². The molecule has 1 saturated carbocycles. The zero-order chi connectivity index (χ0) is 14.6. The van der Waals surface area contributed by atoms with Gasteiger partial charge in [-0.2, -0.15) is 0 Å². The Kier molecular flexibility index (Phi) is 2.67. The molecule has 4 nitrogen and oxygen atoms in total. The molecule has 4 rings (SSSR count). The number of aromatic nitrogens is 1. The zero-order valence-corrected chi connectivity index (χ0v) is 12.1. The van der Waals surface area contributed by atoms with Crippen LogP contribution in [0.5, 0.6) is 0 Å². The normalized spacial score (nSPS) is 26.5. The van der Waals surface area contributed by atoms with E-state index in [1.54, 1.807) is 0 Å². The molecule has 1 aliphatic carbocycles.